The summed E-state index contributed by atoms with van der Waals surface area (Å²) in [5, 5.41) is 7.94. The van der Waals surface area contributed by atoms with Gasteiger partial charge in [-0.3, -0.25) is 4.57 Å². The highest BCUT2D eigenvalue weighted by atomic mass is 16.5. The number of fused-ring (bicyclic) bond motifs is 2. The average Bonchev–Trinajstić information content (AvgIpc) is 3.40. The van der Waals surface area contributed by atoms with Crippen LogP contribution in [-0.4, -0.2) is 43.3 Å². The maximum Gasteiger partial charge on any atom is 0.326 e. The first kappa shape index (κ1) is 21.7. The van der Waals surface area contributed by atoms with Crippen LogP contribution < -0.4 is 15.7 Å². The Morgan fingerprint density at radius 1 is 1.21 bits per heavy atom. The molecule has 1 fully saturated rings. The quantitative estimate of drug-likeness (QED) is 0.464. The van der Waals surface area contributed by atoms with Crippen molar-refractivity contribution < 1.29 is 4.74 Å². The highest BCUT2D eigenvalue weighted by Gasteiger charge is 2.26. The zero-order chi connectivity index (χ0) is 23.1. The number of nitrogens with one attached hydrogen (secondary N) is 2. The van der Waals surface area contributed by atoms with Crippen molar-refractivity contribution >= 4 is 16.7 Å². The van der Waals surface area contributed by atoms with Crippen LogP contribution in [0.4, 0.5) is 0 Å². The van der Waals surface area contributed by atoms with E-state index in [9.17, 15) is 4.79 Å². The smallest absolute Gasteiger partial charge is 0.326 e. The topological polar surface area (TPSA) is 89.2 Å². The van der Waals surface area contributed by atoms with Gasteiger partial charge in [0, 0.05) is 29.9 Å². The zero-order valence-corrected chi connectivity index (χ0v) is 19.8. The summed E-state index contributed by atoms with van der Waals surface area (Å²) in [7, 11) is 1.64. The van der Waals surface area contributed by atoms with Crippen LogP contribution >= 0.6 is 0 Å². The number of hydrogen-bond donors (Lipinski definition) is 2. The van der Waals surface area contributed by atoms with Gasteiger partial charge in [-0.2, -0.15) is 5.10 Å². The van der Waals surface area contributed by atoms with Crippen LogP contribution in [-0.2, 0) is 6.42 Å². The van der Waals surface area contributed by atoms with Crippen LogP contribution in [0.5, 0.6) is 5.75 Å². The second-order valence-electron chi connectivity index (χ2n) is 9.33. The number of pyridine rings is 1. The minimum absolute atomic E-state index is 0.0196. The summed E-state index contributed by atoms with van der Waals surface area (Å²) < 4.78 is 9.28. The molecule has 4 aromatic rings. The third kappa shape index (κ3) is 3.93. The van der Waals surface area contributed by atoms with E-state index < -0.39 is 0 Å². The number of rotatable bonds is 6. The molecule has 0 unspecified atom stereocenters. The molecule has 1 aromatic carbocycles. The fourth-order valence-electron chi connectivity index (χ4n) is 5.30. The van der Waals surface area contributed by atoms with Gasteiger partial charge in [-0.05, 0) is 61.4 Å². The fraction of sp³-hybridized carbons (Fsp3) is 0.480. The number of methoxy groups -OCH3 is 1. The van der Waals surface area contributed by atoms with Gasteiger partial charge in [0.25, 0.3) is 0 Å². The van der Waals surface area contributed by atoms with Crippen molar-refractivity contribution in [1.29, 1.82) is 0 Å². The summed E-state index contributed by atoms with van der Waals surface area (Å²) in [4.78, 5) is 20.4. The zero-order valence-electron chi connectivity index (χ0n) is 19.8. The van der Waals surface area contributed by atoms with Crippen LogP contribution in [0.3, 0.4) is 0 Å². The fourth-order valence-corrected chi connectivity index (χ4v) is 5.30. The second-order valence-corrected chi connectivity index (χ2v) is 9.33. The molecule has 8 nitrogen and oxygen atoms in total. The second kappa shape index (κ2) is 8.67. The van der Waals surface area contributed by atoms with Crippen LogP contribution in [0, 0.1) is 0 Å². The van der Waals surface area contributed by atoms with Gasteiger partial charge in [0.15, 0.2) is 11.4 Å². The third-order valence-electron chi connectivity index (χ3n) is 6.83. The molecular formula is C25H32N6O2. The lowest BCUT2D eigenvalue weighted by Gasteiger charge is -2.31. The standard InChI is InChI=1S/C25H32N6O2/c1-5-16-10-22-21(12-20(16)17-11-23(33-4)24-26-14-27-30(24)13-17)29-25(32)31(22)19-8-6-18(7-9-19)28-15(2)3/h10-15,18-19,28H,5-9H2,1-4H3,(H,29,32). The van der Waals surface area contributed by atoms with E-state index in [1.807, 2.05) is 16.8 Å². The number of ether oxygens (including phenoxy) is 1. The van der Waals surface area contributed by atoms with Crippen molar-refractivity contribution in [2.45, 2.75) is 71.0 Å². The molecule has 33 heavy (non-hydrogen) atoms. The van der Waals surface area contributed by atoms with Gasteiger partial charge in [0.2, 0.25) is 0 Å². The summed E-state index contributed by atoms with van der Waals surface area (Å²) in [5.41, 5.74) is 5.77. The molecule has 1 saturated carbocycles. The summed E-state index contributed by atoms with van der Waals surface area (Å²) in [6.45, 7) is 6.53. The van der Waals surface area contributed by atoms with Gasteiger partial charge >= 0.3 is 5.69 Å². The van der Waals surface area contributed by atoms with Crippen LogP contribution in [0.2, 0.25) is 0 Å². The van der Waals surface area contributed by atoms with Gasteiger partial charge in [-0.15, -0.1) is 0 Å². The predicted octanol–water partition coefficient (Wildman–Crippen LogP) is 4.09. The Morgan fingerprint density at radius 2 is 2.00 bits per heavy atom. The number of benzene rings is 1. The Hall–Kier alpha value is -3.13. The van der Waals surface area contributed by atoms with Gasteiger partial charge in [-0.1, -0.05) is 20.8 Å². The van der Waals surface area contributed by atoms with Gasteiger partial charge in [0.05, 0.1) is 18.1 Å². The lowest BCUT2D eigenvalue weighted by atomic mass is 9.90. The number of nitrogens with zero attached hydrogens (tertiary/aromatic N) is 4. The minimum atomic E-state index is -0.0196. The SMILES string of the molecule is CCc1cc2c(cc1-c1cc(OC)c3ncnn3c1)[nH]c(=O)n2C1CCC(NC(C)C)CC1. The normalized spacial score (nSPS) is 19.1. The number of hydrogen-bond acceptors (Lipinski definition) is 5. The number of aryl methyl sites for hydroxylation is 1. The predicted molar refractivity (Wildman–Crippen MR) is 130 cm³/mol. The maximum atomic E-state index is 13.0. The van der Waals surface area contributed by atoms with E-state index in [0.717, 1.165) is 54.3 Å². The first-order chi connectivity index (χ1) is 16.0. The monoisotopic (exact) mass is 448 g/mol. The third-order valence-corrected chi connectivity index (χ3v) is 6.83. The van der Waals surface area contributed by atoms with E-state index in [-0.39, 0.29) is 11.7 Å². The molecule has 2 N–H and O–H groups in total. The molecule has 0 aliphatic heterocycles. The van der Waals surface area contributed by atoms with Crippen LogP contribution in [0.25, 0.3) is 27.8 Å². The molecule has 8 heteroatoms. The molecule has 0 atom stereocenters. The molecule has 3 aromatic heterocycles. The number of imidazole rings is 1. The largest absolute Gasteiger partial charge is 0.493 e. The lowest BCUT2D eigenvalue weighted by molar-refractivity contribution is 0.281. The van der Waals surface area contributed by atoms with E-state index in [1.165, 1.54) is 11.9 Å². The number of H-pyrrole nitrogens is 1. The first-order valence-electron chi connectivity index (χ1n) is 11.9. The van der Waals surface area contributed by atoms with Gasteiger partial charge in [-0.25, -0.2) is 14.3 Å². The molecule has 1 aliphatic carbocycles. The molecular weight excluding hydrogens is 416 g/mol. The highest BCUT2D eigenvalue weighted by Crippen LogP contribution is 2.34. The van der Waals surface area contributed by atoms with Crippen molar-refractivity contribution in [3.8, 4) is 16.9 Å². The van der Waals surface area contributed by atoms with Crippen molar-refractivity contribution in [1.82, 2.24) is 29.5 Å². The maximum absolute atomic E-state index is 13.0. The van der Waals surface area contributed by atoms with E-state index in [2.05, 4.69) is 53.3 Å². The molecule has 0 spiro atoms. The molecule has 0 bridgehead atoms. The lowest BCUT2D eigenvalue weighted by Crippen LogP contribution is -2.38. The molecule has 174 valence electrons. The van der Waals surface area contributed by atoms with Crippen molar-refractivity contribution in [2.24, 2.45) is 0 Å². The van der Waals surface area contributed by atoms with Crippen LogP contribution in [0.15, 0.2) is 35.5 Å². The Labute approximate surface area is 193 Å². The van der Waals surface area contributed by atoms with Crippen molar-refractivity contribution in [3.63, 3.8) is 0 Å². The molecule has 0 radical (unpaired) electrons. The molecule has 3 heterocycles. The average molecular weight is 449 g/mol. The Morgan fingerprint density at radius 3 is 2.70 bits per heavy atom. The van der Waals surface area contributed by atoms with Crippen molar-refractivity contribution in [2.75, 3.05) is 7.11 Å². The number of aromatic nitrogens is 5. The summed E-state index contributed by atoms with van der Waals surface area (Å²) in [6.07, 6.45) is 8.56. The van der Waals surface area contributed by atoms with E-state index >= 15 is 0 Å². The molecule has 5 rings (SSSR count). The minimum Gasteiger partial charge on any atom is -0.493 e. The highest BCUT2D eigenvalue weighted by molar-refractivity contribution is 5.85. The Kier molecular flexibility index (Phi) is 5.70. The Balaban J connectivity index is 1.55. The number of aromatic amines is 1. The Bertz CT molecular complexity index is 1340. The van der Waals surface area contributed by atoms with E-state index in [4.69, 9.17) is 4.74 Å². The molecule has 0 saturated heterocycles. The van der Waals surface area contributed by atoms with Gasteiger partial charge < -0.3 is 15.0 Å². The summed E-state index contributed by atoms with van der Waals surface area (Å²) >= 11 is 0. The summed E-state index contributed by atoms with van der Waals surface area (Å²) in [5.74, 6) is 0.671. The molecule has 1 aliphatic rings. The van der Waals surface area contributed by atoms with E-state index in [0.29, 0.717) is 23.5 Å². The van der Waals surface area contributed by atoms with Crippen LogP contribution in [0.1, 0.15) is 58.1 Å². The van der Waals surface area contributed by atoms with E-state index in [1.54, 1.807) is 11.6 Å². The molecule has 0 amide bonds. The van der Waals surface area contributed by atoms with Crippen molar-refractivity contribution in [3.05, 3.63) is 46.8 Å². The first-order valence-corrected chi connectivity index (χ1v) is 11.9. The van der Waals surface area contributed by atoms with Gasteiger partial charge in [0.1, 0.15) is 6.33 Å². The summed E-state index contributed by atoms with van der Waals surface area (Å²) in [6, 6.07) is 7.53.